The number of nitrogens with zero attached hydrogens (tertiary/aromatic N) is 3. The number of sulfonamides is 1. The number of aryl methyl sites for hydroxylation is 2. The van der Waals surface area contributed by atoms with Crippen LogP contribution in [0.25, 0.3) is 0 Å². The van der Waals surface area contributed by atoms with Crippen LogP contribution in [-0.4, -0.2) is 54.5 Å². The van der Waals surface area contributed by atoms with Gasteiger partial charge in [0.2, 0.25) is 10.0 Å². The zero-order valence-corrected chi connectivity index (χ0v) is 15.5. The van der Waals surface area contributed by atoms with E-state index < -0.39 is 15.9 Å². The van der Waals surface area contributed by atoms with Gasteiger partial charge in [0.1, 0.15) is 9.77 Å². The fourth-order valence-corrected chi connectivity index (χ4v) is 4.68. The van der Waals surface area contributed by atoms with Gasteiger partial charge in [0.25, 0.3) is 5.91 Å². The SMILES string of the molecule is Cc1ccc(NC(=O)c2snnc2C)c(S(=O)(=O)N2CCOCC2)c1. The van der Waals surface area contributed by atoms with Gasteiger partial charge in [-0.05, 0) is 43.1 Å². The molecular weight excluding hydrogens is 364 g/mol. The lowest BCUT2D eigenvalue weighted by Crippen LogP contribution is -2.40. The van der Waals surface area contributed by atoms with E-state index in [1.54, 1.807) is 32.0 Å². The molecule has 0 bridgehead atoms. The van der Waals surface area contributed by atoms with Crippen molar-refractivity contribution in [2.24, 2.45) is 0 Å². The number of rotatable bonds is 4. The van der Waals surface area contributed by atoms with E-state index >= 15 is 0 Å². The molecule has 10 heteroatoms. The molecule has 2 heterocycles. The van der Waals surface area contributed by atoms with Gasteiger partial charge in [-0.3, -0.25) is 4.79 Å². The number of nitrogens with one attached hydrogen (secondary N) is 1. The first-order valence-electron chi connectivity index (χ1n) is 7.68. The Morgan fingerprint density at radius 3 is 2.64 bits per heavy atom. The highest BCUT2D eigenvalue weighted by Gasteiger charge is 2.29. The maximum Gasteiger partial charge on any atom is 0.269 e. The third-order valence-electron chi connectivity index (χ3n) is 3.83. The largest absolute Gasteiger partial charge is 0.379 e. The minimum atomic E-state index is -3.73. The van der Waals surface area contributed by atoms with Gasteiger partial charge < -0.3 is 10.1 Å². The molecule has 0 aliphatic carbocycles. The first-order valence-corrected chi connectivity index (χ1v) is 9.90. The summed E-state index contributed by atoms with van der Waals surface area (Å²) in [5.74, 6) is -0.421. The number of anilines is 1. The van der Waals surface area contributed by atoms with Crippen molar-refractivity contribution < 1.29 is 17.9 Å². The molecule has 1 amide bonds. The Balaban J connectivity index is 1.95. The van der Waals surface area contributed by atoms with Crippen LogP contribution >= 0.6 is 11.5 Å². The van der Waals surface area contributed by atoms with E-state index in [9.17, 15) is 13.2 Å². The van der Waals surface area contributed by atoms with E-state index in [0.717, 1.165) is 17.1 Å². The summed E-state index contributed by atoms with van der Waals surface area (Å²) >= 11 is 0.972. The first-order chi connectivity index (χ1) is 11.9. The molecular formula is C15H18N4O4S2. The monoisotopic (exact) mass is 382 g/mol. The summed E-state index contributed by atoms with van der Waals surface area (Å²) in [6.45, 7) is 4.79. The zero-order chi connectivity index (χ0) is 18.0. The predicted molar refractivity (Wildman–Crippen MR) is 93.4 cm³/mol. The third-order valence-corrected chi connectivity index (χ3v) is 6.60. The Morgan fingerprint density at radius 2 is 2.00 bits per heavy atom. The lowest BCUT2D eigenvalue weighted by molar-refractivity contribution is 0.0730. The maximum absolute atomic E-state index is 13.0. The molecule has 1 aliphatic rings. The van der Waals surface area contributed by atoms with E-state index in [0.29, 0.717) is 36.9 Å². The Labute approximate surface area is 150 Å². The van der Waals surface area contributed by atoms with Gasteiger partial charge in [-0.2, -0.15) is 4.31 Å². The van der Waals surface area contributed by atoms with Gasteiger partial charge >= 0.3 is 0 Å². The van der Waals surface area contributed by atoms with Crippen LogP contribution in [0.2, 0.25) is 0 Å². The molecule has 1 aromatic carbocycles. The molecule has 1 saturated heterocycles. The van der Waals surface area contributed by atoms with Gasteiger partial charge in [-0.25, -0.2) is 8.42 Å². The van der Waals surface area contributed by atoms with Crippen molar-refractivity contribution >= 4 is 33.2 Å². The summed E-state index contributed by atoms with van der Waals surface area (Å²) < 4.78 is 36.3. The van der Waals surface area contributed by atoms with Crippen LogP contribution in [-0.2, 0) is 14.8 Å². The molecule has 0 spiro atoms. The number of hydrogen-bond donors (Lipinski definition) is 1. The van der Waals surface area contributed by atoms with Crippen LogP contribution < -0.4 is 5.32 Å². The van der Waals surface area contributed by atoms with Crippen molar-refractivity contribution in [1.29, 1.82) is 0 Å². The molecule has 1 fully saturated rings. The number of ether oxygens (including phenoxy) is 1. The normalized spacial score (nSPS) is 15.9. The number of benzene rings is 1. The van der Waals surface area contributed by atoms with E-state index in [-0.39, 0.29) is 10.6 Å². The molecule has 1 N–H and O–H groups in total. The molecule has 1 aromatic heterocycles. The van der Waals surface area contributed by atoms with Crippen molar-refractivity contribution in [2.45, 2.75) is 18.7 Å². The van der Waals surface area contributed by atoms with Crippen LogP contribution in [0, 0.1) is 13.8 Å². The van der Waals surface area contributed by atoms with Crippen molar-refractivity contribution in [3.8, 4) is 0 Å². The maximum atomic E-state index is 13.0. The highest BCUT2D eigenvalue weighted by Crippen LogP contribution is 2.27. The van der Waals surface area contributed by atoms with Crippen LogP contribution in [0.5, 0.6) is 0 Å². The van der Waals surface area contributed by atoms with Crippen molar-refractivity contribution in [3.05, 3.63) is 34.3 Å². The molecule has 25 heavy (non-hydrogen) atoms. The van der Waals surface area contributed by atoms with Crippen molar-refractivity contribution in [2.75, 3.05) is 31.6 Å². The second kappa shape index (κ2) is 7.16. The molecule has 0 radical (unpaired) electrons. The number of amides is 1. The van der Waals surface area contributed by atoms with Crippen molar-refractivity contribution in [3.63, 3.8) is 0 Å². The van der Waals surface area contributed by atoms with Gasteiger partial charge in [0.05, 0.1) is 24.6 Å². The predicted octanol–water partition coefficient (Wildman–Crippen LogP) is 1.43. The van der Waals surface area contributed by atoms with Crippen LogP contribution in [0.4, 0.5) is 5.69 Å². The first kappa shape index (κ1) is 17.9. The lowest BCUT2D eigenvalue weighted by Gasteiger charge is -2.27. The highest BCUT2D eigenvalue weighted by atomic mass is 32.2. The zero-order valence-electron chi connectivity index (χ0n) is 13.9. The van der Waals surface area contributed by atoms with E-state index in [1.165, 1.54) is 4.31 Å². The van der Waals surface area contributed by atoms with Gasteiger partial charge in [-0.1, -0.05) is 10.6 Å². The summed E-state index contributed by atoms with van der Waals surface area (Å²) in [4.78, 5) is 12.9. The second-order valence-electron chi connectivity index (χ2n) is 5.66. The number of aromatic nitrogens is 2. The average Bonchev–Trinajstić information content (AvgIpc) is 3.03. The fourth-order valence-electron chi connectivity index (χ4n) is 2.49. The van der Waals surface area contributed by atoms with Crippen LogP contribution in [0.3, 0.4) is 0 Å². The number of carbonyl (C=O) groups is 1. The van der Waals surface area contributed by atoms with E-state index in [1.807, 2.05) is 0 Å². The third kappa shape index (κ3) is 3.71. The van der Waals surface area contributed by atoms with Gasteiger partial charge in [0.15, 0.2) is 0 Å². The molecule has 134 valence electrons. The Hall–Kier alpha value is -1.88. The molecule has 8 nitrogen and oxygen atoms in total. The molecule has 2 aromatic rings. The number of hydrogen-bond acceptors (Lipinski definition) is 7. The highest BCUT2D eigenvalue weighted by molar-refractivity contribution is 7.89. The van der Waals surface area contributed by atoms with Gasteiger partial charge in [0, 0.05) is 13.1 Å². The molecule has 0 saturated carbocycles. The molecule has 3 rings (SSSR count). The number of carbonyl (C=O) groups excluding carboxylic acids is 1. The van der Waals surface area contributed by atoms with Crippen molar-refractivity contribution in [1.82, 2.24) is 13.9 Å². The minimum Gasteiger partial charge on any atom is -0.379 e. The minimum absolute atomic E-state index is 0.0814. The summed E-state index contributed by atoms with van der Waals surface area (Å²) in [6, 6.07) is 4.92. The smallest absolute Gasteiger partial charge is 0.269 e. The molecule has 0 unspecified atom stereocenters. The topological polar surface area (TPSA) is 101 Å². The fraction of sp³-hybridized carbons (Fsp3) is 0.400. The summed E-state index contributed by atoms with van der Waals surface area (Å²) in [6.07, 6.45) is 0. The Morgan fingerprint density at radius 1 is 1.28 bits per heavy atom. The second-order valence-corrected chi connectivity index (χ2v) is 8.32. The quantitative estimate of drug-likeness (QED) is 0.858. The van der Waals surface area contributed by atoms with Gasteiger partial charge in [-0.15, -0.1) is 5.10 Å². The standard InChI is InChI=1S/C15H18N4O4S2/c1-10-3-4-12(16-15(20)14-11(2)17-18-24-14)13(9-10)25(21,22)19-5-7-23-8-6-19/h3-4,9H,5-8H2,1-2H3,(H,16,20). The molecule has 1 aliphatic heterocycles. The summed E-state index contributed by atoms with van der Waals surface area (Å²) in [5.41, 5.74) is 1.54. The number of morpholine rings is 1. The molecule has 0 atom stereocenters. The summed E-state index contributed by atoms with van der Waals surface area (Å²) in [7, 11) is -3.73. The van der Waals surface area contributed by atoms with Crippen LogP contribution in [0.15, 0.2) is 23.1 Å². The Kier molecular flexibility index (Phi) is 5.13. The Bertz CT molecular complexity index is 889. The van der Waals surface area contributed by atoms with Crippen LogP contribution in [0.1, 0.15) is 20.9 Å². The average molecular weight is 382 g/mol. The summed E-state index contributed by atoms with van der Waals surface area (Å²) in [5, 5.41) is 6.49. The lowest BCUT2D eigenvalue weighted by atomic mass is 10.2. The van der Waals surface area contributed by atoms with E-state index in [2.05, 4.69) is 14.9 Å². The van der Waals surface area contributed by atoms with E-state index in [4.69, 9.17) is 4.74 Å².